The van der Waals surface area contributed by atoms with E-state index in [0.29, 0.717) is 34.1 Å². The Balaban J connectivity index is 1.86. The van der Waals surface area contributed by atoms with Crippen molar-refractivity contribution in [1.29, 1.82) is 0 Å². The highest BCUT2D eigenvalue weighted by Crippen LogP contribution is 2.25. The Labute approximate surface area is 125 Å². The average Bonchev–Trinajstić information content (AvgIpc) is 2.89. The smallest absolute Gasteiger partial charge is 0.250 e. The molecule has 3 rings (SSSR count). The van der Waals surface area contributed by atoms with Gasteiger partial charge in [0.05, 0.1) is 17.8 Å². The van der Waals surface area contributed by atoms with E-state index in [1.165, 1.54) is 0 Å². The van der Waals surface area contributed by atoms with Crippen molar-refractivity contribution in [2.45, 2.75) is 13.5 Å². The standard InChI is InChI=1S/C16H12ClNO3/c1-9-2-7-12(21-9)8-18-14-13(15(19)16(14)20)10-3-5-11(17)6-4-10/h2-7,18H,8H2,1H3. The molecule has 0 saturated heterocycles. The van der Waals surface area contributed by atoms with Gasteiger partial charge < -0.3 is 9.73 Å². The molecule has 0 unspecified atom stereocenters. The fourth-order valence-electron chi connectivity index (χ4n) is 2.21. The first-order valence-corrected chi connectivity index (χ1v) is 6.82. The van der Waals surface area contributed by atoms with Crippen LogP contribution in [0.5, 0.6) is 0 Å². The van der Waals surface area contributed by atoms with E-state index in [9.17, 15) is 9.59 Å². The van der Waals surface area contributed by atoms with Gasteiger partial charge in [-0.25, -0.2) is 0 Å². The lowest BCUT2D eigenvalue weighted by atomic mass is 9.98. The molecule has 4 nitrogen and oxygen atoms in total. The van der Waals surface area contributed by atoms with Crippen molar-refractivity contribution < 1.29 is 4.42 Å². The molecule has 21 heavy (non-hydrogen) atoms. The molecule has 1 N–H and O–H groups in total. The number of rotatable bonds is 4. The summed E-state index contributed by atoms with van der Waals surface area (Å²) in [6.45, 7) is 2.21. The molecule has 0 fully saturated rings. The highest BCUT2D eigenvalue weighted by molar-refractivity contribution is 6.30. The first-order valence-electron chi connectivity index (χ1n) is 6.44. The Kier molecular flexibility index (Phi) is 3.39. The Morgan fingerprint density at radius 1 is 1.05 bits per heavy atom. The van der Waals surface area contributed by atoms with Gasteiger partial charge in [-0.3, -0.25) is 9.59 Å². The van der Waals surface area contributed by atoms with Crippen molar-refractivity contribution in [3.8, 4) is 11.1 Å². The molecule has 0 aliphatic heterocycles. The quantitative estimate of drug-likeness (QED) is 0.752. The van der Waals surface area contributed by atoms with Gasteiger partial charge in [0, 0.05) is 5.02 Å². The molecule has 1 heterocycles. The Hall–Kier alpha value is -2.33. The summed E-state index contributed by atoms with van der Waals surface area (Å²) in [6.07, 6.45) is 0. The zero-order valence-electron chi connectivity index (χ0n) is 11.3. The molecule has 3 aromatic rings. The van der Waals surface area contributed by atoms with E-state index in [-0.39, 0.29) is 0 Å². The summed E-state index contributed by atoms with van der Waals surface area (Å²) in [5.74, 6) is 1.51. The lowest BCUT2D eigenvalue weighted by Gasteiger charge is -2.12. The summed E-state index contributed by atoms with van der Waals surface area (Å²) in [5, 5.41) is 3.56. The van der Waals surface area contributed by atoms with Crippen molar-refractivity contribution in [2.75, 3.05) is 5.32 Å². The second-order valence-corrected chi connectivity index (χ2v) is 5.22. The Bertz CT molecular complexity index is 855. The van der Waals surface area contributed by atoms with Gasteiger partial charge in [0.2, 0.25) is 10.9 Å². The van der Waals surface area contributed by atoms with Gasteiger partial charge in [-0.1, -0.05) is 23.7 Å². The largest absolute Gasteiger partial charge is 0.465 e. The van der Waals surface area contributed by atoms with Crippen molar-refractivity contribution in [1.82, 2.24) is 0 Å². The summed E-state index contributed by atoms with van der Waals surface area (Å²) < 4.78 is 5.42. The molecule has 0 spiro atoms. The molecular weight excluding hydrogens is 290 g/mol. The monoisotopic (exact) mass is 301 g/mol. The minimum absolute atomic E-state index is 0.330. The van der Waals surface area contributed by atoms with Crippen molar-refractivity contribution in [2.24, 2.45) is 0 Å². The normalized spacial score (nSPS) is 11.0. The van der Waals surface area contributed by atoms with E-state index < -0.39 is 10.9 Å². The molecule has 1 aromatic heterocycles. The number of benzene rings is 1. The van der Waals surface area contributed by atoms with Gasteiger partial charge in [0.15, 0.2) is 0 Å². The second kappa shape index (κ2) is 5.22. The van der Waals surface area contributed by atoms with Crippen molar-refractivity contribution in [3.05, 3.63) is 73.4 Å². The number of hydrogen-bond acceptors (Lipinski definition) is 4. The number of anilines is 1. The SMILES string of the molecule is Cc1ccc(CNc2c(-c3ccc(Cl)cc3)c(=O)c2=O)o1. The highest BCUT2D eigenvalue weighted by atomic mass is 35.5. The van der Waals surface area contributed by atoms with Crippen molar-refractivity contribution in [3.63, 3.8) is 0 Å². The van der Waals surface area contributed by atoms with Crippen LogP contribution in [0.2, 0.25) is 5.02 Å². The first kappa shape index (κ1) is 13.6. The molecule has 2 aromatic carbocycles. The number of furan rings is 1. The molecule has 0 bridgehead atoms. The van der Waals surface area contributed by atoms with Gasteiger partial charge >= 0.3 is 0 Å². The molecule has 0 aliphatic rings. The second-order valence-electron chi connectivity index (χ2n) is 4.78. The Morgan fingerprint density at radius 2 is 1.76 bits per heavy atom. The average molecular weight is 302 g/mol. The van der Waals surface area contributed by atoms with Crippen LogP contribution in [-0.4, -0.2) is 0 Å². The molecule has 0 atom stereocenters. The molecule has 106 valence electrons. The number of nitrogens with one attached hydrogen (secondary N) is 1. The molecule has 0 saturated carbocycles. The lowest BCUT2D eigenvalue weighted by molar-refractivity contribution is 0.490. The van der Waals surface area contributed by atoms with Gasteiger partial charge in [-0.2, -0.15) is 0 Å². The van der Waals surface area contributed by atoms with Crippen LogP contribution < -0.4 is 16.2 Å². The summed E-state index contributed by atoms with van der Waals surface area (Å²) in [4.78, 5) is 23.5. The van der Waals surface area contributed by atoms with Crippen LogP contribution in [0.1, 0.15) is 11.5 Å². The minimum atomic E-state index is -0.497. The highest BCUT2D eigenvalue weighted by Gasteiger charge is 2.22. The number of hydrogen-bond donors (Lipinski definition) is 1. The maximum Gasteiger partial charge on any atom is 0.250 e. The minimum Gasteiger partial charge on any atom is -0.465 e. The summed E-state index contributed by atoms with van der Waals surface area (Å²) in [5.41, 5.74) is 0.442. The third kappa shape index (κ3) is 2.50. The van der Waals surface area contributed by atoms with E-state index in [2.05, 4.69) is 5.32 Å². The first-order chi connectivity index (χ1) is 10.1. The lowest BCUT2D eigenvalue weighted by Crippen LogP contribution is -2.36. The van der Waals surface area contributed by atoms with Gasteiger partial charge in [-0.15, -0.1) is 0 Å². The molecule has 5 heteroatoms. The predicted octanol–water partition coefficient (Wildman–Crippen LogP) is 3.12. The Morgan fingerprint density at radius 3 is 2.38 bits per heavy atom. The third-order valence-corrected chi connectivity index (χ3v) is 3.53. The third-order valence-electron chi connectivity index (χ3n) is 3.28. The van der Waals surface area contributed by atoms with Gasteiger partial charge in [-0.05, 0) is 36.8 Å². The maximum atomic E-state index is 11.8. The van der Waals surface area contributed by atoms with Crippen LogP contribution in [0.4, 0.5) is 5.69 Å². The summed E-state index contributed by atoms with van der Waals surface area (Å²) in [7, 11) is 0. The van der Waals surface area contributed by atoms with Gasteiger partial charge in [0.1, 0.15) is 11.5 Å². The van der Waals surface area contributed by atoms with Crippen LogP contribution in [-0.2, 0) is 6.54 Å². The summed E-state index contributed by atoms with van der Waals surface area (Å²) >= 11 is 5.83. The van der Waals surface area contributed by atoms with Crippen LogP contribution in [0.25, 0.3) is 11.1 Å². The van der Waals surface area contributed by atoms with Crippen LogP contribution >= 0.6 is 11.6 Å². The van der Waals surface area contributed by atoms with Crippen LogP contribution in [0.15, 0.2) is 50.4 Å². The zero-order valence-corrected chi connectivity index (χ0v) is 12.0. The fourth-order valence-corrected chi connectivity index (χ4v) is 2.33. The molecule has 0 radical (unpaired) electrons. The molecular formula is C16H12ClNO3. The van der Waals surface area contributed by atoms with E-state index >= 15 is 0 Å². The van der Waals surface area contributed by atoms with E-state index in [4.69, 9.17) is 16.0 Å². The van der Waals surface area contributed by atoms with E-state index in [1.807, 2.05) is 19.1 Å². The number of halogens is 1. The van der Waals surface area contributed by atoms with Crippen LogP contribution in [0.3, 0.4) is 0 Å². The fraction of sp³-hybridized carbons (Fsp3) is 0.125. The van der Waals surface area contributed by atoms with E-state index in [1.54, 1.807) is 24.3 Å². The maximum absolute atomic E-state index is 11.8. The predicted molar refractivity (Wildman–Crippen MR) is 82.6 cm³/mol. The summed E-state index contributed by atoms with van der Waals surface area (Å²) in [6, 6.07) is 10.5. The van der Waals surface area contributed by atoms with Crippen molar-refractivity contribution >= 4 is 17.3 Å². The number of aryl methyl sites for hydroxylation is 1. The van der Waals surface area contributed by atoms with E-state index in [0.717, 1.165) is 5.76 Å². The van der Waals surface area contributed by atoms with Crippen LogP contribution in [0, 0.1) is 6.92 Å². The molecule has 0 amide bonds. The topological polar surface area (TPSA) is 59.3 Å². The zero-order chi connectivity index (χ0) is 15.0. The van der Waals surface area contributed by atoms with Gasteiger partial charge in [0.25, 0.3) is 0 Å². The molecule has 0 aliphatic carbocycles.